The van der Waals surface area contributed by atoms with Gasteiger partial charge in [-0.3, -0.25) is 14.2 Å². The summed E-state index contributed by atoms with van der Waals surface area (Å²) >= 11 is 5.34. The molecule has 2 aromatic rings. The molecule has 0 unspecified atom stereocenters. The Labute approximate surface area is 170 Å². The Morgan fingerprint density at radius 2 is 2.04 bits per heavy atom. The van der Waals surface area contributed by atoms with Gasteiger partial charge in [0, 0.05) is 25.3 Å². The van der Waals surface area contributed by atoms with Crippen molar-refractivity contribution < 1.29 is 14.4 Å². The van der Waals surface area contributed by atoms with Crippen LogP contribution in [-0.2, 0) is 11.3 Å². The van der Waals surface area contributed by atoms with Gasteiger partial charge in [0.2, 0.25) is 0 Å². The minimum atomic E-state index is -0.146. The number of nitrogens with one attached hydrogen (secondary N) is 3. The second-order valence-corrected chi connectivity index (χ2v) is 7.05. The minimum absolute atomic E-state index is 0.145. The van der Waals surface area contributed by atoms with Gasteiger partial charge in [-0.05, 0) is 57.6 Å². The molecular formula is C20H31N4O3S+. The van der Waals surface area contributed by atoms with Crippen LogP contribution in [-0.4, -0.2) is 54.9 Å². The van der Waals surface area contributed by atoms with E-state index < -0.39 is 0 Å². The number of benzene rings is 1. The van der Waals surface area contributed by atoms with Crippen molar-refractivity contribution in [2.75, 3.05) is 39.4 Å². The number of ether oxygens (including phenoxy) is 1. The van der Waals surface area contributed by atoms with Crippen molar-refractivity contribution in [1.29, 1.82) is 0 Å². The zero-order valence-corrected chi connectivity index (χ0v) is 17.8. The molecule has 1 aromatic heterocycles. The summed E-state index contributed by atoms with van der Waals surface area (Å²) in [6.07, 6.45) is 0.714. The van der Waals surface area contributed by atoms with E-state index >= 15 is 0 Å². The molecule has 0 saturated carbocycles. The topological polar surface area (TPSA) is 80.6 Å². The SMILES string of the molecule is CCOCCCn1c(=S)[nH]c2cc(C(=O)NCC[NH+](CC)CC)ccc2c1=O. The first-order valence-electron chi connectivity index (χ1n) is 9.98. The summed E-state index contributed by atoms with van der Waals surface area (Å²) in [4.78, 5) is 29.7. The van der Waals surface area contributed by atoms with Gasteiger partial charge < -0.3 is 19.9 Å². The molecule has 28 heavy (non-hydrogen) atoms. The smallest absolute Gasteiger partial charge is 0.262 e. The Morgan fingerprint density at radius 1 is 1.29 bits per heavy atom. The van der Waals surface area contributed by atoms with Crippen LogP contribution >= 0.6 is 12.2 Å². The molecule has 7 nitrogen and oxygen atoms in total. The quantitative estimate of drug-likeness (QED) is 0.385. The molecule has 0 aliphatic carbocycles. The lowest BCUT2D eigenvalue weighted by Crippen LogP contribution is -3.12. The molecule has 0 atom stereocenters. The molecule has 0 bridgehead atoms. The number of hydrogen-bond acceptors (Lipinski definition) is 4. The lowest BCUT2D eigenvalue weighted by molar-refractivity contribution is -0.895. The molecule has 1 aromatic carbocycles. The number of carbonyl (C=O) groups is 1. The van der Waals surface area contributed by atoms with Gasteiger partial charge in [-0.1, -0.05) is 0 Å². The molecule has 2 rings (SSSR count). The van der Waals surface area contributed by atoms with E-state index in [4.69, 9.17) is 17.0 Å². The molecule has 0 aliphatic rings. The van der Waals surface area contributed by atoms with Crippen LogP contribution in [0.5, 0.6) is 0 Å². The monoisotopic (exact) mass is 407 g/mol. The lowest BCUT2D eigenvalue weighted by Gasteiger charge is -2.15. The first kappa shape index (κ1) is 22.3. The second-order valence-electron chi connectivity index (χ2n) is 6.66. The highest BCUT2D eigenvalue weighted by Gasteiger charge is 2.11. The highest BCUT2D eigenvalue weighted by atomic mass is 32.1. The number of rotatable bonds is 11. The van der Waals surface area contributed by atoms with E-state index in [9.17, 15) is 9.59 Å². The molecule has 0 aliphatic heterocycles. The van der Waals surface area contributed by atoms with Gasteiger partial charge in [0.15, 0.2) is 4.77 Å². The first-order valence-corrected chi connectivity index (χ1v) is 10.4. The average molecular weight is 408 g/mol. The summed E-state index contributed by atoms with van der Waals surface area (Å²) in [5.74, 6) is -0.145. The van der Waals surface area contributed by atoms with Crippen molar-refractivity contribution >= 4 is 29.0 Å². The minimum Gasteiger partial charge on any atom is -0.382 e. The van der Waals surface area contributed by atoms with E-state index in [1.54, 1.807) is 22.8 Å². The zero-order valence-electron chi connectivity index (χ0n) is 17.0. The number of fused-ring (bicyclic) bond motifs is 1. The Morgan fingerprint density at radius 3 is 2.71 bits per heavy atom. The first-order chi connectivity index (χ1) is 13.5. The number of likely N-dealkylation sites (N-methyl/N-ethyl adjacent to an activating group) is 1. The molecule has 1 heterocycles. The van der Waals surface area contributed by atoms with Gasteiger partial charge in [0.05, 0.1) is 37.1 Å². The molecule has 0 radical (unpaired) electrons. The van der Waals surface area contributed by atoms with Crippen LogP contribution in [0.25, 0.3) is 10.9 Å². The highest BCUT2D eigenvalue weighted by Crippen LogP contribution is 2.11. The Balaban J connectivity index is 2.14. The van der Waals surface area contributed by atoms with E-state index in [-0.39, 0.29) is 11.5 Å². The molecular weight excluding hydrogens is 376 g/mol. The maximum absolute atomic E-state index is 12.7. The molecule has 0 spiro atoms. The van der Waals surface area contributed by atoms with E-state index in [1.165, 1.54) is 4.90 Å². The molecule has 3 N–H and O–H groups in total. The molecule has 1 amide bonds. The van der Waals surface area contributed by atoms with Crippen LogP contribution in [0.3, 0.4) is 0 Å². The van der Waals surface area contributed by atoms with E-state index in [2.05, 4.69) is 24.1 Å². The van der Waals surface area contributed by atoms with Crippen molar-refractivity contribution in [3.8, 4) is 0 Å². The van der Waals surface area contributed by atoms with Crippen molar-refractivity contribution in [3.05, 3.63) is 38.9 Å². The fraction of sp³-hybridized carbons (Fsp3) is 0.550. The number of aromatic nitrogens is 2. The number of carbonyl (C=O) groups excluding carboxylic acids is 1. The molecule has 0 fully saturated rings. The Kier molecular flexibility index (Phi) is 8.82. The van der Waals surface area contributed by atoms with Crippen LogP contribution in [0.2, 0.25) is 0 Å². The molecule has 154 valence electrons. The van der Waals surface area contributed by atoms with Gasteiger partial charge in [-0.15, -0.1) is 0 Å². The van der Waals surface area contributed by atoms with Crippen LogP contribution in [0.1, 0.15) is 37.6 Å². The number of aromatic amines is 1. The van der Waals surface area contributed by atoms with Crippen LogP contribution in [0.4, 0.5) is 0 Å². The van der Waals surface area contributed by atoms with Crippen LogP contribution in [0, 0.1) is 4.77 Å². The van der Waals surface area contributed by atoms with Gasteiger partial charge in [0.1, 0.15) is 0 Å². The van der Waals surface area contributed by atoms with Crippen molar-refractivity contribution in [2.24, 2.45) is 0 Å². The summed E-state index contributed by atoms with van der Waals surface area (Å²) in [7, 11) is 0. The summed E-state index contributed by atoms with van der Waals surface area (Å²) in [6, 6.07) is 5.06. The van der Waals surface area contributed by atoms with Gasteiger partial charge in [-0.2, -0.15) is 0 Å². The normalized spacial score (nSPS) is 11.3. The fourth-order valence-corrected chi connectivity index (χ4v) is 3.41. The maximum atomic E-state index is 12.7. The van der Waals surface area contributed by atoms with Crippen LogP contribution in [0.15, 0.2) is 23.0 Å². The third-order valence-electron chi connectivity index (χ3n) is 4.88. The summed E-state index contributed by atoms with van der Waals surface area (Å²) in [5, 5.41) is 3.47. The van der Waals surface area contributed by atoms with Gasteiger partial charge in [0.25, 0.3) is 11.5 Å². The Hall–Kier alpha value is -2.03. The number of amides is 1. The third kappa shape index (κ3) is 5.73. The Bertz CT molecular complexity index is 902. The number of quaternary nitrogens is 1. The van der Waals surface area contributed by atoms with Crippen molar-refractivity contribution in [3.63, 3.8) is 0 Å². The van der Waals surface area contributed by atoms with E-state index in [0.29, 0.717) is 54.0 Å². The second kappa shape index (κ2) is 11.1. The largest absolute Gasteiger partial charge is 0.382 e. The average Bonchev–Trinajstić information content (AvgIpc) is 2.70. The van der Waals surface area contributed by atoms with E-state index in [0.717, 1.165) is 19.6 Å². The molecule has 8 heteroatoms. The van der Waals surface area contributed by atoms with Crippen LogP contribution < -0.4 is 15.8 Å². The predicted octanol–water partition coefficient (Wildman–Crippen LogP) is 1.14. The van der Waals surface area contributed by atoms with Gasteiger partial charge in [-0.25, -0.2) is 0 Å². The maximum Gasteiger partial charge on any atom is 0.262 e. The third-order valence-corrected chi connectivity index (χ3v) is 5.21. The standard InChI is InChI=1S/C20H30N4O3S/c1-4-23(5-2)12-10-21-18(25)15-8-9-16-17(14-15)22-20(28)24(19(16)26)11-7-13-27-6-3/h8-9,14H,4-7,10-13H2,1-3H3,(H,21,25)(H,22,28)/p+1. The lowest BCUT2D eigenvalue weighted by atomic mass is 10.1. The van der Waals surface area contributed by atoms with E-state index in [1.807, 2.05) is 6.92 Å². The zero-order chi connectivity index (χ0) is 20.5. The summed E-state index contributed by atoms with van der Waals surface area (Å²) < 4.78 is 7.22. The van der Waals surface area contributed by atoms with Crippen molar-refractivity contribution in [2.45, 2.75) is 33.7 Å². The summed E-state index contributed by atoms with van der Waals surface area (Å²) in [5.41, 5.74) is 0.951. The summed E-state index contributed by atoms with van der Waals surface area (Å²) in [6.45, 7) is 11.5. The fourth-order valence-electron chi connectivity index (χ4n) is 3.13. The van der Waals surface area contributed by atoms with Gasteiger partial charge >= 0.3 is 0 Å². The molecule has 0 saturated heterocycles. The highest BCUT2D eigenvalue weighted by molar-refractivity contribution is 7.71. The number of nitrogens with zero attached hydrogens (tertiary/aromatic N) is 1. The predicted molar refractivity (Wildman–Crippen MR) is 114 cm³/mol. The number of hydrogen-bond donors (Lipinski definition) is 3. The van der Waals surface area contributed by atoms with Crippen molar-refractivity contribution in [1.82, 2.24) is 14.9 Å². The number of H-pyrrole nitrogens is 1.